The summed E-state index contributed by atoms with van der Waals surface area (Å²) in [6.45, 7) is 5.64. The van der Waals surface area contributed by atoms with E-state index in [4.69, 9.17) is 27.3 Å². The number of rotatable bonds is 3. The smallest absolute Gasteiger partial charge is 0.229 e. The maximum Gasteiger partial charge on any atom is 0.229 e. The van der Waals surface area contributed by atoms with Crippen molar-refractivity contribution in [2.75, 3.05) is 61.5 Å². The molecule has 0 unspecified atom stereocenters. The van der Waals surface area contributed by atoms with E-state index in [9.17, 15) is 0 Å². The average molecular weight is 499 g/mol. The Labute approximate surface area is 204 Å². The molecule has 0 amide bonds. The summed E-state index contributed by atoms with van der Waals surface area (Å²) in [5, 5.41) is 8.07. The Hall–Kier alpha value is -2.79. The largest absolute Gasteiger partial charge is 0.375 e. The third kappa shape index (κ3) is 3.70. The summed E-state index contributed by atoms with van der Waals surface area (Å²) in [6, 6.07) is 7.41. The van der Waals surface area contributed by atoms with Gasteiger partial charge in [0.15, 0.2) is 10.9 Å². The fourth-order valence-electron chi connectivity index (χ4n) is 4.70. The van der Waals surface area contributed by atoms with Gasteiger partial charge in [-0.25, -0.2) is 14.4 Å². The molecule has 11 heteroatoms. The van der Waals surface area contributed by atoms with Gasteiger partial charge in [0.1, 0.15) is 11.3 Å². The van der Waals surface area contributed by atoms with E-state index in [0.29, 0.717) is 39.2 Å². The van der Waals surface area contributed by atoms with Crippen LogP contribution in [0.1, 0.15) is 6.42 Å². The molecule has 2 aromatic heterocycles. The third-order valence-corrected chi connectivity index (χ3v) is 7.49. The van der Waals surface area contributed by atoms with Gasteiger partial charge in [0, 0.05) is 49.2 Å². The number of nitrogens with two attached hydrogens (primary N) is 1. The fourth-order valence-corrected chi connectivity index (χ4v) is 5.76. The Morgan fingerprint density at radius 3 is 2.65 bits per heavy atom. The molecule has 0 bridgehead atoms. The molecule has 34 heavy (non-hydrogen) atoms. The number of benzene rings is 2. The normalized spacial score (nSPS) is 17.1. The molecule has 0 aliphatic carbocycles. The highest BCUT2D eigenvalue weighted by molar-refractivity contribution is 7.22. The molecule has 2 aliphatic rings. The van der Waals surface area contributed by atoms with E-state index in [1.807, 2.05) is 18.2 Å². The summed E-state index contributed by atoms with van der Waals surface area (Å²) in [7, 11) is 0. The summed E-state index contributed by atoms with van der Waals surface area (Å²) >= 11 is 8.12. The number of thiazole rings is 1. The first-order valence-corrected chi connectivity index (χ1v) is 12.6. The predicted octanol–water partition coefficient (Wildman–Crippen LogP) is 3.45. The van der Waals surface area contributed by atoms with Crippen LogP contribution in [-0.2, 0) is 0 Å². The zero-order valence-electron chi connectivity index (χ0n) is 18.4. The van der Waals surface area contributed by atoms with Crippen LogP contribution in [-0.4, -0.2) is 60.9 Å². The molecule has 4 aromatic rings. The van der Waals surface area contributed by atoms with Crippen molar-refractivity contribution in [2.45, 2.75) is 6.42 Å². The second-order valence-electron chi connectivity index (χ2n) is 8.51. The van der Waals surface area contributed by atoms with E-state index in [1.165, 1.54) is 11.3 Å². The van der Waals surface area contributed by atoms with E-state index in [-0.39, 0.29) is 11.1 Å². The highest BCUT2D eigenvalue weighted by Gasteiger charge is 2.26. The highest BCUT2D eigenvalue weighted by Crippen LogP contribution is 2.42. The second kappa shape index (κ2) is 8.77. The Morgan fingerprint density at radius 1 is 1.00 bits per heavy atom. The van der Waals surface area contributed by atoms with Gasteiger partial charge in [0.2, 0.25) is 5.95 Å². The van der Waals surface area contributed by atoms with E-state index in [2.05, 4.69) is 25.4 Å². The van der Waals surface area contributed by atoms with Crippen LogP contribution in [0.3, 0.4) is 0 Å². The molecule has 0 spiro atoms. The quantitative estimate of drug-likeness (QED) is 0.395. The Morgan fingerprint density at radius 2 is 1.85 bits per heavy atom. The lowest BCUT2D eigenvalue weighted by atomic mass is 10.0. The van der Waals surface area contributed by atoms with Crippen LogP contribution in [0.15, 0.2) is 24.3 Å². The van der Waals surface area contributed by atoms with Crippen molar-refractivity contribution in [3.05, 3.63) is 35.1 Å². The number of anilines is 3. The first kappa shape index (κ1) is 21.7. The van der Waals surface area contributed by atoms with Gasteiger partial charge in [0.25, 0.3) is 0 Å². The molecule has 0 radical (unpaired) electrons. The first-order chi connectivity index (χ1) is 16.6. The van der Waals surface area contributed by atoms with E-state index in [0.717, 1.165) is 56.2 Å². The van der Waals surface area contributed by atoms with Gasteiger partial charge in [-0.2, -0.15) is 4.98 Å². The van der Waals surface area contributed by atoms with E-state index >= 15 is 4.39 Å². The van der Waals surface area contributed by atoms with Crippen molar-refractivity contribution < 1.29 is 4.39 Å². The maximum absolute atomic E-state index is 16.3. The summed E-state index contributed by atoms with van der Waals surface area (Å²) in [6.07, 6.45) is 0.978. The number of halogens is 2. The molecule has 4 N–H and O–H groups in total. The summed E-state index contributed by atoms with van der Waals surface area (Å²) in [5.41, 5.74) is 7.75. The molecule has 2 aliphatic heterocycles. The van der Waals surface area contributed by atoms with Crippen LogP contribution in [0.5, 0.6) is 0 Å². The van der Waals surface area contributed by atoms with Crippen LogP contribution >= 0.6 is 22.9 Å². The molecular weight excluding hydrogens is 475 g/mol. The third-order valence-electron chi connectivity index (χ3n) is 6.34. The van der Waals surface area contributed by atoms with Crippen LogP contribution in [0.2, 0.25) is 5.02 Å². The zero-order valence-corrected chi connectivity index (χ0v) is 20.0. The molecule has 0 saturated carbocycles. The number of hydrogen-bond donors (Lipinski definition) is 3. The van der Waals surface area contributed by atoms with Crippen LogP contribution in [0, 0.1) is 5.82 Å². The molecule has 2 saturated heterocycles. The number of hydrogen-bond acceptors (Lipinski definition) is 9. The number of piperazine rings is 1. The summed E-state index contributed by atoms with van der Waals surface area (Å²) in [5.74, 6) is 0.777. The monoisotopic (exact) mass is 498 g/mol. The zero-order chi connectivity index (χ0) is 23.2. The molecule has 6 rings (SSSR count). The molecule has 4 heterocycles. The molecule has 2 aromatic carbocycles. The van der Waals surface area contributed by atoms with Crippen molar-refractivity contribution in [1.82, 2.24) is 25.6 Å². The van der Waals surface area contributed by atoms with Crippen molar-refractivity contribution in [3.63, 3.8) is 0 Å². The average Bonchev–Trinajstić information content (AvgIpc) is 3.26. The molecule has 0 atom stereocenters. The minimum atomic E-state index is -0.466. The number of para-hydroxylation sites is 1. The maximum atomic E-state index is 16.3. The SMILES string of the molecule is Nc1nc2c(-c3c(Cl)cc4c(N5CCNCC5)nc(N5CCCNC5)nc4c3F)cccc2s1. The van der Waals surface area contributed by atoms with Crippen molar-refractivity contribution in [2.24, 2.45) is 0 Å². The van der Waals surface area contributed by atoms with E-state index in [1.54, 1.807) is 6.07 Å². The number of fused-ring (bicyclic) bond motifs is 2. The second-order valence-corrected chi connectivity index (χ2v) is 9.98. The number of nitrogens with zero attached hydrogens (tertiary/aromatic N) is 5. The van der Waals surface area contributed by atoms with Gasteiger partial charge < -0.3 is 20.9 Å². The van der Waals surface area contributed by atoms with E-state index < -0.39 is 5.82 Å². The number of aromatic nitrogens is 3. The topological polar surface area (TPSA) is 95.2 Å². The first-order valence-electron chi connectivity index (χ1n) is 11.4. The number of nitrogens with one attached hydrogen (secondary N) is 2. The lowest BCUT2D eigenvalue weighted by Gasteiger charge is -2.32. The number of nitrogen functional groups attached to an aromatic ring is 1. The lowest BCUT2D eigenvalue weighted by molar-refractivity contribution is 0.542. The van der Waals surface area contributed by atoms with Gasteiger partial charge in [-0.15, -0.1) is 0 Å². The van der Waals surface area contributed by atoms with Crippen molar-refractivity contribution >= 4 is 61.0 Å². The minimum absolute atomic E-state index is 0.267. The van der Waals surface area contributed by atoms with Crippen LogP contribution in [0.4, 0.5) is 21.3 Å². The van der Waals surface area contributed by atoms with Gasteiger partial charge >= 0.3 is 0 Å². The minimum Gasteiger partial charge on any atom is -0.375 e. The molecule has 2 fully saturated rings. The van der Waals surface area contributed by atoms with Crippen LogP contribution < -0.4 is 26.2 Å². The van der Waals surface area contributed by atoms with Crippen LogP contribution in [0.25, 0.3) is 32.2 Å². The fraction of sp³-hybridized carbons (Fsp3) is 0.348. The van der Waals surface area contributed by atoms with Gasteiger partial charge in [0.05, 0.1) is 21.9 Å². The van der Waals surface area contributed by atoms with Crippen molar-refractivity contribution in [1.29, 1.82) is 0 Å². The highest BCUT2D eigenvalue weighted by atomic mass is 35.5. The standard InChI is InChI=1S/C23H24ClFN8S/c24-15-11-14-20(18(25)17(15)13-3-1-4-16-19(13)29-22(26)34-16)30-23(33-8-2-5-28-12-33)31-21(14)32-9-6-27-7-10-32/h1,3-4,11,27-28H,2,5-10,12H2,(H2,26,29). The predicted molar refractivity (Wildman–Crippen MR) is 137 cm³/mol. The van der Waals surface area contributed by atoms with Gasteiger partial charge in [-0.05, 0) is 25.1 Å². The Balaban J connectivity index is 1.60. The van der Waals surface area contributed by atoms with Gasteiger partial charge in [-0.1, -0.05) is 35.1 Å². The molecule has 176 valence electrons. The lowest BCUT2D eigenvalue weighted by Crippen LogP contribution is -2.45. The van der Waals surface area contributed by atoms with Gasteiger partial charge in [-0.3, -0.25) is 5.32 Å². The molecule has 8 nitrogen and oxygen atoms in total. The Kier molecular flexibility index (Phi) is 5.60. The Bertz CT molecular complexity index is 1380. The molecular formula is C23H24ClFN8S. The summed E-state index contributed by atoms with van der Waals surface area (Å²) in [4.78, 5) is 18.3. The van der Waals surface area contributed by atoms with Crippen molar-refractivity contribution in [3.8, 4) is 11.1 Å². The summed E-state index contributed by atoms with van der Waals surface area (Å²) < 4.78 is 17.2.